The monoisotopic (exact) mass is 376 g/mol. The van der Waals surface area contributed by atoms with E-state index in [0.29, 0.717) is 24.4 Å². The Hall–Kier alpha value is -2.62. The number of rotatable bonds is 5. The number of nitrogens with zero attached hydrogens (tertiary/aromatic N) is 1. The lowest BCUT2D eigenvalue weighted by molar-refractivity contribution is -0.122. The maximum absolute atomic E-state index is 13.0. The molecule has 1 fully saturated rings. The summed E-state index contributed by atoms with van der Waals surface area (Å²) < 4.78 is 0. The third kappa shape index (κ3) is 3.96. The van der Waals surface area contributed by atoms with Gasteiger partial charge in [0.1, 0.15) is 0 Å². The average Bonchev–Trinajstić information content (AvgIpc) is 3.33. The highest BCUT2D eigenvalue weighted by molar-refractivity contribution is 6.07. The van der Waals surface area contributed by atoms with E-state index in [-0.39, 0.29) is 17.9 Å². The highest BCUT2D eigenvalue weighted by Gasteiger charge is 2.31. The van der Waals surface area contributed by atoms with E-state index in [2.05, 4.69) is 30.4 Å². The number of fused-ring (bicyclic) bond motifs is 1. The molecule has 1 atom stereocenters. The minimum absolute atomic E-state index is 0.0364. The molecule has 1 aliphatic carbocycles. The number of hydrogen-bond donors (Lipinski definition) is 1. The Morgan fingerprint density at radius 1 is 1.07 bits per heavy atom. The van der Waals surface area contributed by atoms with E-state index in [9.17, 15) is 9.59 Å². The van der Waals surface area contributed by atoms with Gasteiger partial charge in [-0.25, -0.2) is 0 Å². The summed E-state index contributed by atoms with van der Waals surface area (Å²) in [5, 5.41) is 3.06. The minimum atomic E-state index is 0.0364. The van der Waals surface area contributed by atoms with Crippen LogP contribution in [0.5, 0.6) is 0 Å². The molecule has 0 aromatic heterocycles. The second-order valence-electron chi connectivity index (χ2n) is 8.19. The molecule has 4 nitrogen and oxygen atoms in total. The Labute approximate surface area is 166 Å². The first kappa shape index (κ1) is 18.7. The van der Waals surface area contributed by atoms with Crippen molar-refractivity contribution in [1.82, 2.24) is 5.32 Å². The van der Waals surface area contributed by atoms with Crippen LogP contribution in [0.25, 0.3) is 0 Å². The molecule has 0 radical (unpaired) electrons. The predicted molar refractivity (Wildman–Crippen MR) is 111 cm³/mol. The second-order valence-corrected chi connectivity index (χ2v) is 8.19. The summed E-state index contributed by atoms with van der Waals surface area (Å²) in [5.41, 5.74) is 3.91. The summed E-state index contributed by atoms with van der Waals surface area (Å²) in [6.45, 7) is 2.60. The lowest BCUT2D eigenvalue weighted by Gasteiger charge is -2.23. The number of carbonyl (C=O) groups excluding carboxylic acids is 2. The fourth-order valence-electron chi connectivity index (χ4n) is 4.54. The normalized spacial score (nSPS) is 18.9. The second kappa shape index (κ2) is 8.17. The number of nitrogens with one attached hydrogen (secondary N) is 1. The van der Waals surface area contributed by atoms with Gasteiger partial charge < -0.3 is 10.2 Å². The zero-order chi connectivity index (χ0) is 19.5. The van der Waals surface area contributed by atoms with Crippen LogP contribution in [0, 0.1) is 5.92 Å². The van der Waals surface area contributed by atoms with Crippen LogP contribution in [-0.2, 0) is 17.8 Å². The first-order valence-electron chi connectivity index (χ1n) is 10.4. The van der Waals surface area contributed by atoms with Crippen LogP contribution in [0.4, 0.5) is 5.69 Å². The van der Waals surface area contributed by atoms with Gasteiger partial charge >= 0.3 is 0 Å². The first-order valence-corrected chi connectivity index (χ1v) is 10.4. The van der Waals surface area contributed by atoms with E-state index >= 15 is 0 Å². The van der Waals surface area contributed by atoms with E-state index < -0.39 is 0 Å². The van der Waals surface area contributed by atoms with Gasteiger partial charge in [-0.3, -0.25) is 9.59 Å². The van der Waals surface area contributed by atoms with E-state index in [1.165, 1.54) is 31.2 Å². The molecule has 4 heteroatoms. The Balaban J connectivity index is 1.45. The molecule has 2 aromatic carbocycles. The molecule has 0 spiro atoms. The van der Waals surface area contributed by atoms with Crippen molar-refractivity contribution < 1.29 is 9.59 Å². The van der Waals surface area contributed by atoms with Gasteiger partial charge in [0, 0.05) is 30.3 Å². The third-order valence-corrected chi connectivity index (χ3v) is 6.04. The summed E-state index contributed by atoms with van der Waals surface area (Å²) in [5.74, 6) is 0.729. The minimum Gasteiger partial charge on any atom is -0.352 e. The largest absolute Gasteiger partial charge is 0.352 e. The molecule has 1 saturated carbocycles. The van der Waals surface area contributed by atoms with Crippen LogP contribution in [0.1, 0.15) is 60.5 Å². The topological polar surface area (TPSA) is 49.4 Å². The zero-order valence-corrected chi connectivity index (χ0v) is 16.5. The summed E-state index contributed by atoms with van der Waals surface area (Å²) >= 11 is 0. The smallest absolute Gasteiger partial charge is 0.258 e. The van der Waals surface area contributed by atoms with Gasteiger partial charge in [-0.2, -0.15) is 0 Å². The highest BCUT2D eigenvalue weighted by Crippen LogP contribution is 2.34. The van der Waals surface area contributed by atoms with Crippen LogP contribution in [0.3, 0.4) is 0 Å². The van der Waals surface area contributed by atoms with Crippen molar-refractivity contribution in [2.75, 3.05) is 4.90 Å². The van der Waals surface area contributed by atoms with Crippen LogP contribution >= 0.6 is 0 Å². The summed E-state index contributed by atoms with van der Waals surface area (Å²) in [6.07, 6.45) is 6.38. The molecule has 1 unspecified atom stereocenters. The van der Waals surface area contributed by atoms with Crippen molar-refractivity contribution in [1.29, 1.82) is 0 Å². The van der Waals surface area contributed by atoms with Gasteiger partial charge in [0.25, 0.3) is 5.91 Å². The highest BCUT2D eigenvalue weighted by atomic mass is 16.2. The first-order chi connectivity index (χ1) is 13.6. The molecular formula is C24H28N2O2. The standard InChI is InChI=1S/C24H28N2O2/c1-17-13-21-12-11-19(16-25-23(27)15-18-7-5-6-8-18)14-22(21)26(17)24(28)20-9-3-2-4-10-20/h2-4,9-12,14,17-18H,5-8,13,15-16H2,1H3,(H,25,27). The van der Waals surface area contributed by atoms with Crippen LogP contribution < -0.4 is 10.2 Å². The predicted octanol–water partition coefficient (Wildman–Crippen LogP) is 4.47. The Morgan fingerprint density at radius 3 is 2.57 bits per heavy atom. The summed E-state index contributed by atoms with van der Waals surface area (Å²) in [6, 6.07) is 15.8. The van der Waals surface area contributed by atoms with Crippen molar-refractivity contribution in [2.24, 2.45) is 5.92 Å². The van der Waals surface area contributed by atoms with E-state index in [1.54, 1.807) is 0 Å². The average molecular weight is 377 g/mol. The number of carbonyl (C=O) groups is 2. The zero-order valence-electron chi connectivity index (χ0n) is 16.5. The van der Waals surface area contributed by atoms with Gasteiger partial charge in [0.05, 0.1) is 0 Å². The van der Waals surface area contributed by atoms with E-state index in [1.807, 2.05) is 35.2 Å². The van der Waals surface area contributed by atoms with E-state index in [4.69, 9.17) is 0 Å². The molecule has 1 aliphatic heterocycles. The Morgan fingerprint density at radius 2 is 1.82 bits per heavy atom. The maximum Gasteiger partial charge on any atom is 0.258 e. The van der Waals surface area contributed by atoms with Crippen molar-refractivity contribution in [3.63, 3.8) is 0 Å². The lowest BCUT2D eigenvalue weighted by Crippen LogP contribution is -2.35. The number of amides is 2. The maximum atomic E-state index is 13.0. The number of hydrogen-bond acceptors (Lipinski definition) is 2. The number of benzene rings is 2. The van der Waals surface area contributed by atoms with Gasteiger partial charge in [-0.05, 0) is 61.4 Å². The molecule has 4 rings (SSSR count). The molecule has 0 saturated heterocycles. The van der Waals surface area contributed by atoms with Gasteiger partial charge in [0.2, 0.25) is 5.91 Å². The fourth-order valence-corrected chi connectivity index (χ4v) is 4.54. The lowest BCUT2D eigenvalue weighted by atomic mass is 10.0. The van der Waals surface area contributed by atoms with Crippen molar-refractivity contribution >= 4 is 17.5 Å². The molecule has 146 valence electrons. The molecule has 0 bridgehead atoms. The SMILES string of the molecule is CC1Cc2ccc(CNC(=O)CC3CCCC3)cc2N1C(=O)c1ccccc1. The molecule has 2 amide bonds. The Kier molecular flexibility index (Phi) is 5.47. The van der Waals surface area contributed by atoms with Crippen LogP contribution in [0.15, 0.2) is 48.5 Å². The van der Waals surface area contributed by atoms with Crippen molar-refractivity contribution in [3.05, 3.63) is 65.2 Å². The molecule has 1 heterocycles. The van der Waals surface area contributed by atoms with Gasteiger partial charge in [-0.15, -0.1) is 0 Å². The van der Waals surface area contributed by atoms with E-state index in [0.717, 1.165) is 17.7 Å². The molecule has 28 heavy (non-hydrogen) atoms. The third-order valence-electron chi connectivity index (χ3n) is 6.04. The van der Waals surface area contributed by atoms with Crippen molar-refractivity contribution in [2.45, 2.75) is 58.0 Å². The molecule has 2 aromatic rings. The number of anilines is 1. The van der Waals surface area contributed by atoms with Crippen molar-refractivity contribution in [3.8, 4) is 0 Å². The van der Waals surface area contributed by atoms with Crippen LogP contribution in [0.2, 0.25) is 0 Å². The fraction of sp³-hybridized carbons (Fsp3) is 0.417. The van der Waals surface area contributed by atoms with Crippen LogP contribution in [-0.4, -0.2) is 17.9 Å². The molecule has 1 N–H and O–H groups in total. The Bertz CT molecular complexity index is 856. The molecule has 2 aliphatic rings. The summed E-state index contributed by atoms with van der Waals surface area (Å²) in [4.78, 5) is 27.2. The van der Waals surface area contributed by atoms with Gasteiger partial charge in [-0.1, -0.05) is 43.2 Å². The van der Waals surface area contributed by atoms with Gasteiger partial charge in [0.15, 0.2) is 0 Å². The quantitative estimate of drug-likeness (QED) is 0.837. The summed E-state index contributed by atoms with van der Waals surface area (Å²) in [7, 11) is 0. The molecular weight excluding hydrogens is 348 g/mol.